The second kappa shape index (κ2) is 7.88. The number of halogens is 1. The van der Waals surface area contributed by atoms with Crippen molar-refractivity contribution in [1.29, 1.82) is 0 Å². The maximum absolute atomic E-state index is 13.4. The van der Waals surface area contributed by atoms with Crippen LogP contribution in [-0.2, 0) is 0 Å². The number of aromatic nitrogens is 2. The van der Waals surface area contributed by atoms with Crippen LogP contribution in [-0.4, -0.2) is 53.6 Å². The van der Waals surface area contributed by atoms with Crippen molar-refractivity contribution >= 4 is 22.5 Å². The van der Waals surface area contributed by atoms with Crippen LogP contribution in [0.15, 0.2) is 54.7 Å². The van der Waals surface area contributed by atoms with Gasteiger partial charge in [0.1, 0.15) is 11.6 Å². The second-order valence-corrected chi connectivity index (χ2v) is 6.98. The molecule has 0 amide bonds. The number of hydrogen-bond donors (Lipinski definition) is 1. The third-order valence-corrected chi connectivity index (χ3v) is 5.14. The molecule has 6 heteroatoms. The Kier molecular flexibility index (Phi) is 5.16. The predicted molar refractivity (Wildman–Crippen MR) is 108 cm³/mol. The van der Waals surface area contributed by atoms with Crippen molar-refractivity contribution in [3.05, 3.63) is 60.5 Å². The zero-order valence-corrected chi connectivity index (χ0v) is 15.5. The summed E-state index contributed by atoms with van der Waals surface area (Å²) < 4.78 is 13.4. The van der Waals surface area contributed by atoms with Crippen LogP contribution < -0.4 is 10.2 Å². The quantitative estimate of drug-likeness (QED) is 0.751. The maximum Gasteiger partial charge on any atom is 0.145 e. The van der Waals surface area contributed by atoms with Crippen LogP contribution in [0.1, 0.15) is 6.92 Å². The van der Waals surface area contributed by atoms with Gasteiger partial charge < -0.3 is 10.2 Å². The third kappa shape index (κ3) is 4.17. The van der Waals surface area contributed by atoms with E-state index >= 15 is 0 Å². The average molecular weight is 365 g/mol. The lowest BCUT2D eigenvalue weighted by atomic mass is 10.2. The van der Waals surface area contributed by atoms with Gasteiger partial charge in [-0.25, -0.2) is 9.37 Å². The van der Waals surface area contributed by atoms with Gasteiger partial charge in [0.25, 0.3) is 0 Å². The molecule has 1 aromatic heterocycles. The highest BCUT2D eigenvalue weighted by Crippen LogP contribution is 2.17. The molecule has 3 aromatic rings. The number of anilines is 2. The van der Waals surface area contributed by atoms with Gasteiger partial charge in [-0.05, 0) is 31.2 Å². The van der Waals surface area contributed by atoms with E-state index < -0.39 is 0 Å². The van der Waals surface area contributed by atoms with Crippen molar-refractivity contribution in [2.24, 2.45) is 0 Å². The number of hydrogen-bond acceptors (Lipinski definition) is 5. The zero-order chi connectivity index (χ0) is 18.6. The molecule has 0 spiro atoms. The molecule has 1 aliphatic rings. The first-order chi connectivity index (χ1) is 13.2. The molecule has 140 valence electrons. The topological polar surface area (TPSA) is 44.3 Å². The molecule has 0 bridgehead atoms. The predicted octanol–water partition coefficient (Wildman–Crippen LogP) is 3.39. The van der Waals surface area contributed by atoms with Crippen molar-refractivity contribution in [2.75, 3.05) is 42.9 Å². The second-order valence-electron chi connectivity index (χ2n) is 6.98. The van der Waals surface area contributed by atoms with E-state index in [-0.39, 0.29) is 5.82 Å². The first-order valence-electron chi connectivity index (χ1n) is 9.39. The van der Waals surface area contributed by atoms with E-state index in [2.05, 4.69) is 62.3 Å². The van der Waals surface area contributed by atoms with Gasteiger partial charge in [0.2, 0.25) is 0 Å². The molecule has 5 nitrogen and oxygen atoms in total. The molecule has 4 rings (SSSR count). The maximum atomic E-state index is 13.4. The summed E-state index contributed by atoms with van der Waals surface area (Å²) in [5.74, 6) is 0.390. The molecular weight excluding hydrogens is 341 g/mol. The van der Waals surface area contributed by atoms with Crippen LogP contribution in [0.25, 0.3) is 11.0 Å². The van der Waals surface area contributed by atoms with Crippen LogP contribution in [0.5, 0.6) is 0 Å². The Balaban J connectivity index is 1.31. The van der Waals surface area contributed by atoms with E-state index in [4.69, 9.17) is 0 Å². The van der Waals surface area contributed by atoms with Gasteiger partial charge in [-0.3, -0.25) is 9.88 Å². The van der Waals surface area contributed by atoms with Crippen molar-refractivity contribution in [3.63, 3.8) is 0 Å². The summed E-state index contributed by atoms with van der Waals surface area (Å²) in [5.41, 5.74) is 2.57. The molecule has 0 saturated carbocycles. The fourth-order valence-corrected chi connectivity index (χ4v) is 3.51. The molecule has 1 N–H and O–H groups in total. The number of para-hydroxylation sites is 1. The molecule has 2 heterocycles. The summed E-state index contributed by atoms with van der Waals surface area (Å²) >= 11 is 0. The van der Waals surface area contributed by atoms with Gasteiger partial charge in [0, 0.05) is 50.5 Å². The van der Waals surface area contributed by atoms with Crippen LogP contribution in [0, 0.1) is 5.82 Å². The summed E-state index contributed by atoms with van der Waals surface area (Å²) in [6.45, 7) is 7.13. The van der Waals surface area contributed by atoms with E-state index in [9.17, 15) is 4.39 Å². The number of rotatable bonds is 5. The van der Waals surface area contributed by atoms with Gasteiger partial charge in [-0.15, -0.1) is 0 Å². The van der Waals surface area contributed by atoms with E-state index in [0.29, 0.717) is 22.9 Å². The fourth-order valence-electron chi connectivity index (χ4n) is 3.51. The summed E-state index contributed by atoms with van der Waals surface area (Å²) in [4.78, 5) is 13.7. The SMILES string of the molecule is CC(CNc1cnc2ccc(F)cc2n1)N1CCN(c2ccccc2)CC1. The summed E-state index contributed by atoms with van der Waals surface area (Å²) in [6.07, 6.45) is 1.71. The monoisotopic (exact) mass is 365 g/mol. The van der Waals surface area contributed by atoms with Crippen LogP contribution in [0.4, 0.5) is 15.9 Å². The fraction of sp³-hybridized carbons (Fsp3) is 0.333. The lowest BCUT2D eigenvalue weighted by Gasteiger charge is -2.39. The summed E-state index contributed by atoms with van der Waals surface area (Å²) in [5, 5.41) is 3.34. The molecule has 2 aromatic carbocycles. The lowest BCUT2D eigenvalue weighted by molar-refractivity contribution is 0.204. The largest absolute Gasteiger partial charge is 0.369 e. The normalized spacial score (nSPS) is 16.4. The van der Waals surface area contributed by atoms with Crippen molar-refractivity contribution in [1.82, 2.24) is 14.9 Å². The molecule has 1 unspecified atom stereocenters. The smallest absolute Gasteiger partial charge is 0.145 e. The molecule has 1 fully saturated rings. The van der Waals surface area contributed by atoms with Gasteiger partial charge in [-0.2, -0.15) is 0 Å². The number of fused-ring (bicyclic) bond motifs is 1. The minimum atomic E-state index is -0.293. The Morgan fingerprint density at radius 1 is 1.04 bits per heavy atom. The van der Waals surface area contributed by atoms with Crippen molar-refractivity contribution in [2.45, 2.75) is 13.0 Å². The van der Waals surface area contributed by atoms with Gasteiger partial charge >= 0.3 is 0 Å². The Morgan fingerprint density at radius 2 is 1.81 bits per heavy atom. The van der Waals surface area contributed by atoms with Gasteiger partial charge in [0.05, 0.1) is 17.2 Å². The van der Waals surface area contributed by atoms with Crippen LogP contribution in [0.2, 0.25) is 0 Å². The van der Waals surface area contributed by atoms with E-state index in [1.807, 2.05) is 0 Å². The molecule has 1 saturated heterocycles. The van der Waals surface area contributed by atoms with E-state index in [1.165, 1.54) is 17.8 Å². The Bertz CT molecular complexity index is 893. The van der Waals surface area contributed by atoms with Crippen LogP contribution in [0.3, 0.4) is 0 Å². The van der Waals surface area contributed by atoms with Gasteiger partial charge in [0.15, 0.2) is 0 Å². The standard InChI is InChI=1S/C21H24FN5/c1-16(26-9-11-27(12-10-26)18-5-3-2-4-6-18)14-24-21-15-23-19-8-7-17(22)13-20(19)25-21/h2-8,13,15-16H,9-12,14H2,1H3,(H,24,25). The van der Waals surface area contributed by atoms with Gasteiger partial charge in [-0.1, -0.05) is 18.2 Å². The third-order valence-electron chi connectivity index (χ3n) is 5.14. The minimum Gasteiger partial charge on any atom is -0.369 e. The highest BCUT2D eigenvalue weighted by molar-refractivity contribution is 5.75. The molecule has 0 radical (unpaired) electrons. The summed E-state index contributed by atoms with van der Waals surface area (Å²) in [6, 6.07) is 15.4. The lowest BCUT2D eigenvalue weighted by Crippen LogP contribution is -2.51. The molecule has 0 aliphatic carbocycles. The number of nitrogens with zero attached hydrogens (tertiary/aromatic N) is 4. The zero-order valence-electron chi connectivity index (χ0n) is 15.5. The molecule has 1 atom stereocenters. The highest BCUT2D eigenvalue weighted by Gasteiger charge is 2.21. The summed E-state index contributed by atoms with van der Waals surface area (Å²) in [7, 11) is 0. The Labute approximate surface area is 158 Å². The van der Waals surface area contributed by atoms with Crippen LogP contribution >= 0.6 is 0 Å². The first kappa shape index (κ1) is 17.7. The molecule has 27 heavy (non-hydrogen) atoms. The average Bonchev–Trinajstić information content (AvgIpc) is 2.72. The van der Waals surface area contributed by atoms with E-state index in [1.54, 1.807) is 12.3 Å². The molecule has 1 aliphatic heterocycles. The Hall–Kier alpha value is -2.73. The Morgan fingerprint density at radius 3 is 2.59 bits per heavy atom. The van der Waals surface area contributed by atoms with Crippen molar-refractivity contribution < 1.29 is 4.39 Å². The highest BCUT2D eigenvalue weighted by atomic mass is 19.1. The van der Waals surface area contributed by atoms with E-state index in [0.717, 1.165) is 32.7 Å². The van der Waals surface area contributed by atoms with Crippen molar-refractivity contribution in [3.8, 4) is 0 Å². The number of nitrogens with one attached hydrogen (secondary N) is 1. The first-order valence-corrected chi connectivity index (χ1v) is 9.39. The number of benzene rings is 2. The molecular formula is C21H24FN5. The minimum absolute atomic E-state index is 0.293. The number of piperazine rings is 1.